The topological polar surface area (TPSA) is 40.1 Å². The summed E-state index contributed by atoms with van der Waals surface area (Å²) in [5.74, 6) is -1.04. The molecule has 2 heteroatoms. The summed E-state index contributed by atoms with van der Waals surface area (Å²) in [6.07, 6.45) is 7.60. The molecule has 1 aromatic rings. The quantitative estimate of drug-likeness (QED) is 0.685. The van der Waals surface area contributed by atoms with Crippen molar-refractivity contribution in [2.75, 3.05) is 0 Å². The maximum absolute atomic E-state index is 10.5. The van der Waals surface area contributed by atoms with E-state index < -0.39 is 5.97 Å². The van der Waals surface area contributed by atoms with Gasteiger partial charge in [0.05, 0.1) is 0 Å². The van der Waals surface area contributed by atoms with Gasteiger partial charge >= 0.3 is 0 Å². The highest BCUT2D eigenvalue weighted by molar-refractivity contribution is 5.68. The zero-order chi connectivity index (χ0) is 11.8. The van der Waals surface area contributed by atoms with Crippen molar-refractivity contribution < 1.29 is 9.90 Å². The first-order valence-corrected chi connectivity index (χ1v) is 5.67. The van der Waals surface area contributed by atoms with Gasteiger partial charge in [-0.25, -0.2) is 0 Å². The third-order valence-electron chi connectivity index (χ3n) is 2.33. The first-order valence-electron chi connectivity index (χ1n) is 5.67. The Labute approximate surface area is 96.6 Å². The minimum absolute atomic E-state index is 0.0172. The lowest BCUT2D eigenvalue weighted by atomic mass is 10.1. The lowest BCUT2D eigenvalue weighted by Gasteiger charge is -2.03. The van der Waals surface area contributed by atoms with Crippen LogP contribution in [0.5, 0.6) is 0 Å². The molecule has 0 spiro atoms. The van der Waals surface area contributed by atoms with E-state index in [9.17, 15) is 9.90 Å². The molecular formula is C14H17O2-. The molecule has 1 aromatic carbocycles. The molecule has 0 aliphatic rings. The highest BCUT2D eigenvalue weighted by Crippen LogP contribution is 2.08. The molecule has 0 atom stereocenters. The predicted molar refractivity (Wildman–Crippen MR) is 63.7 cm³/mol. The molecule has 0 saturated heterocycles. The van der Waals surface area contributed by atoms with Crippen molar-refractivity contribution in [3.8, 4) is 0 Å². The molecule has 0 aromatic heterocycles. The van der Waals surface area contributed by atoms with E-state index in [1.807, 2.05) is 24.3 Å². The van der Waals surface area contributed by atoms with Crippen LogP contribution in [0, 0.1) is 0 Å². The van der Waals surface area contributed by atoms with Crippen LogP contribution in [0.2, 0.25) is 0 Å². The Bertz CT molecular complexity index is 367. The molecule has 0 aliphatic carbocycles. The number of hydrogen-bond acceptors (Lipinski definition) is 2. The third-order valence-corrected chi connectivity index (χ3v) is 2.33. The Hall–Kier alpha value is -1.57. The minimum atomic E-state index is -1.04. The van der Waals surface area contributed by atoms with E-state index in [0.29, 0.717) is 0 Å². The van der Waals surface area contributed by atoms with Crippen LogP contribution in [0.25, 0.3) is 6.08 Å². The minimum Gasteiger partial charge on any atom is -0.550 e. The van der Waals surface area contributed by atoms with Crippen LogP contribution >= 0.6 is 0 Å². The summed E-state index contributed by atoms with van der Waals surface area (Å²) in [4.78, 5) is 10.5. The predicted octanol–water partition coefficient (Wildman–Crippen LogP) is 2.18. The first kappa shape index (κ1) is 12.5. The molecule has 0 heterocycles. The summed E-state index contributed by atoms with van der Waals surface area (Å²) in [6, 6.07) is 7.54. The summed E-state index contributed by atoms with van der Waals surface area (Å²) in [5, 5.41) is 10.5. The fourth-order valence-electron chi connectivity index (χ4n) is 1.51. The van der Waals surface area contributed by atoms with Crippen molar-refractivity contribution in [3.05, 3.63) is 41.5 Å². The van der Waals surface area contributed by atoms with Crippen LogP contribution < -0.4 is 5.11 Å². The van der Waals surface area contributed by atoms with Crippen LogP contribution in [0.4, 0.5) is 0 Å². The third kappa shape index (κ3) is 4.78. The largest absolute Gasteiger partial charge is 0.550 e. The number of benzene rings is 1. The van der Waals surface area contributed by atoms with Crippen LogP contribution in [0.3, 0.4) is 0 Å². The van der Waals surface area contributed by atoms with Crippen LogP contribution in [-0.2, 0) is 11.2 Å². The van der Waals surface area contributed by atoms with E-state index in [1.54, 1.807) is 6.07 Å². The monoisotopic (exact) mass is 217 g/mol. The van der Waals surface area contributed by atoms with Gasteiger partial charge in [-0.2, -0.15) is 0 Å². The summed E-state index contributed by atoms with van der Waals surface area (Å²) >= 11 is 0. The van der Waals surface area contributed by atoms with Crippen molar-refractivity contribution in [3.63, 3.8) is 0 Å². The molecule has 1 rings (SSSR count). The van der Waals surface area contributed by atoms with Gasteiger partial charge in [-0.3, -0.25) is 0 Å². The van der Waals surface area contributed by atoms with E-state index in [1.165, 1.54) is 12.8 Å². The molecule has 0 radical (unpaired) electrons. The maximum Gasteiger partial charge on any atom is 0.0458 e. The number of allylic oxidation sites excluding steroid dienone is 1. The van der Waals surface area contributed by atoms with Crippen LogP contribution in [0.15, 0.2) is 30.3 Å². The van der Waals surface area contributed by atoms with Gasteiger partial charge in [0.1, 0.15) is 0 Å². The highest BCUT2D eigenvalue weighted by Gasteiger charge is 1.94. The van der Waals surface area contributed by atoms with Gasteiger partial charge in [-0.15, -0.1) is 0 Å². The standard InChI is InChI=1S/C14H18O2/c1-2-3-4-5-7-12-8-6-9-13(10-12)11-14(15)16/h5-10H,2-4,11H2,1H3,(H,15,16)/p-1/b7-5+. The van der Waals surface area contributed by atoms with E-state index in [4.69, 9.17) is 0 Å². The smallest absolute Gasteiger partial charge is 0.0458 e. The summed E-state index contributed by atoms with van der Waals surface area (Å²) in [5.41, 5.74) is 1.84. The number of carbonyl (C=O) groups excluding carboxylic acids is 1. The van der Waals surface area contributed by atoms with Crippen molar-refractivity contribution in [2.45, 2.75) is 32.6 Å². The van der Waals surface area contributed by atoms with Gasteiger partial charge in [0, 0.05) is 12.4 Å². The maximum atomic E-state index is 10.5. The molecule has 0 saturated carbocycles. The van der Waals surface area contributed by atoms with Crippen molar-refractivity contribution in [1.82, 2.24) is 0 Å². The van der Waals surface area contributed by atoms with Gasteiger partial charge in [0.2, 0.25) is 0 Å². The lowest BCUT2D eigenvalue weighted by molar-refractivity contribution is -0.304. The van der Waals surface area contributed by atoms with Crippen molar-refractivity contribution in [1.29, 1.82) is 0 Å². The Morgan fingerprint density at radius 1 is 1.44 bits per heavy atom. The van der Waals surface area contributed by atoms with Gasteiger partial charge < -0.3 is 9.90 Å². The molecule has 16 heavy (non-hydrogen) atoms. The van der Waals surface area contributed by atoms with Crippen LogP contribution in [-0.4, -0.2) is 5.97 Å². The van der Waals surface area contributed by atoms with Gasteiger partial charge in [0.15, 0.2) is 0 Å². The van der Waals surface area contributed by atoms with E-state index >= 15 is 0 Å². The van der Waals surface area contributed by atoms with Gasteiger partial charge in [0.25, 0.3) is 0 Å². The molecule has 0 aliphatic heterocycles. The van der Waals surface area contributed by atoms with Gasteiger partial charge in [-0.05, 0) is 17.5 Å². The van der Waals surface area contributed by atoms with E-state index in [0.717, 1.165) is 17.5 Å². The Morgan fingerprint density at radius 3 is 2.94 bits per heavy atom. The summed E-state index contributed by atoms with van der Waals surface area (Å²) in [7, 11) is 0. The number of carbonyl (C=O) groups is 1. The number of aliphatic carboxylic acids is 1. The molecule has 0 N–H and O–H groups in total. The number of hydrogen-bond donors (Lipinski definition) is 0. The fourth-order valence-corrected chi connectivity index (χ4v) is 1.51. The summed E-state index contributed by atoms with van der Waals surface area (Å²) < 4.78 is 0. The normalized spacial score (nSPS) is 10.8. The molecule has 2 nitrogen and oxygen atoms in total. The first-order chi connectivity index (χ1) is 7.72. The molecule has 86 valence electrons. The number of unbranched alkanes of at least 4 members (excludes halogenated alkanes) is 2. The molecule has 0 fully saturated rings. The average molecular weight is 217 g/mol. The van der Waals surface area contributed by atoms with Crippen LogP contribution in [0.1, 0.15) is 37.3 Å². The second kappa shape index (κ2) is 6.83. The fraction of sp³-hybridized carbons (Fsp3) is 0.357. The Morgan fingerprint density at radius 2 is 2.25 bits per heavy atom. The zero-order valence-corrected chi connectivity index (χ0v) is 9.61. The lowest BCUT2D eigenvalue weighted by Crippen LogP contribution is -2.24. The average Bonchev–Trinajstić information content (AvgIpc) is 2.24. The van der Waals surface area contributed by atoms with E-state index in [2.05, 4.69) is 13.0 Å². The van der Waals surface area contributed by atoms with Gasteiger partial charge in [-0.1, -0.05) is 56.2 Å². The molecule has 0 bridgehead atoms. The second-order valence-electron chi connectivity index (χ2n) is 3.84. The van der Waals surface area contributed by atoms with Crippen molar-refractivity contribution >= 4 is 12.0 Å². The summed E-state index contributed by atoms with van der Waals surface area (Å²) in [6.45, 7) is 2.16. The Balaban J connectivity index is 2.59. The zero-order valence-electron chi connectivity index (χ0n) is 9.61. The molecular weight excluding hydrogens is 200 g/mol. The van der Waals surface area contributed by atoms with Crippen molar-refractivity contribution in [2.24, 2.45) is 0 Å². The second-order valence-corrected chi connectivity index (χ2v) is 3.84. The van der Waals surface area contributed by atoms with E-state index in [-0.39, 0.29) is 6.42 Å². The molecule has 0 unspecified atom stereocenters. The number of rotatable bonds is 6. The highest BCUT2D eigenvalue weighted by atomic mass is 16.4. The number of carboxylic acids is 1. The number of carboxylic acid groups (broad SMARTS) is 1. The Kier molecular flexibility index (Phi) is 5.34. The molecule has 0 amide bonds. The SMILES string of the molecule is CCCC/C=C/c1cccc(CC(=O)[O-])c1.